The van der Waals surface area contributed by atoms with Gasteiger partial charge in [-0.1, -0.05) is 6.92 Å². The first kappa shape index (κ1) is 8.85. The molecule has 0 aromatic heterocycles. The van der Waals surface area contributed by atoms with Gasteiger partial charge in [-0.25, -0.2) is 0 Å². The summed E-state index contributed by atoms with van der Waals surface area (Å²) in [5, 5.41) is 4.46. The molecule has 2 rings (SSSR count). The SMILES string of the molecule is CC1CNC2(CC(C)N(C)C2)S1. The molecule has 2 aliphatic rings. The van der Waals surface area contributed by atoms with Crippen molar-refractivity contribution in [2.45, 2.75) is 36.4 Å². The van der Waals surface area contributed by atoms with Gasteiger partial charge in [0.1, 0.15) is 0 Å². The summed E-state index contributed by atoms with van der Waals surface area (Å²) in [5.41, 5.74) is 0. The zero-order valence-corrected chi connectivity index (χ0v) is 8.95. The minimum absolute atomic E-state index is 0.396. The summed E-state index contributed by atoms with van der Waals surface area (Å²) in [7, 11) is 2.23. The van der Waals surface area contributed by atoms with Crippen LogP contribution in [0.1, 0.15) is 20.3 Å². The van der Waals surface area contributed by atoms with Gasteiger partial charge in [0.15, 0.2) is 0 Å². The zero-order chi connectivity index (χ0) is 8.77. The summed E-state index contributed by atoms with van der Waals surface area (Å²) in [6, 6.07) is 0.746. The number of thioether (sulfide) groups is 1. The molecule has 0 aliphatic carbocycles. The maximum atomic E-state index is 3.66. The Bertz CT molecular complexity index is 173. The molecule has 1 spiro atoms. The number of likely N-dealkylation sites (N-methyl/N-ethyl adjacent to an activating group) is 1. The number of nitrogens with zero attached hydrogens (tertiary/aromatic N) is 1. The molecule has 0 aromatic carbocycles. The fourth-order valence-corrected chi connectivity index (χ4v) is 3.99. The van der Waals surface area contributed by atoms with Crippen LogP contribution in [0.5, 0.6) is 0 Å². The van der Waals surface area contributed by atoms with Crippen molar-refractivity contribution in [2.24, 2.45) is 0 Å². The van der Waals surface area contributed by atoms with E-state index in [2.05, 4.69) is 42.9 Å². The van der Waals surface area contributed by atoms with E-state index >= 15 is 0 Å². The molecule has 2 fully saturated rings. The molecule has 3 atom stereocenters. The number of likely N-dealkylation sites (tertiary alicyclic amines) is 1. The average Bonchev–Trinajstić information content (AvgIpc) is 2.42. The lowest BCUT2D eigenvalue weighted by Crippen LogP contribution is -2.39. The molecule has 70 valence electrons. The summed E-state index contributed by atoms with van der Waals surface area (Å²) in [6.07, 6.45) is 1.30. The van der Waals surface area contributed by atoms with E-state index in [1.807, 2.05) is 0 Å². The predicted molar refractivity (Wildman–Crippen MR) is 54.5 cm³/mol. The highest BCUT2D eigenvalue weighted by Gasteiger charge is 2.45. The number of hydrogen-bond donors (Lipinski definition) is 1. The van der Waals surface area contributed by atoms with Crippen molar-refractivity contribution in [3.8, 4) is 0 Å². The highest BCUT2D eigenvalue weighted by Crippen LogP contribution is 2.41. The first-order chi connectivity index (χ1) is 5.61. The van der Waals surface area contributed by atoms with Crippen LogP contribution in [-0.4, -0.2) is 41.2 Å². The Morgan fingerprint density at radius 3 is 2.67 bits per heavy atom. The summed E-state index contributed by atoms with van der Waals surface area (Å²) in [5.74, 6) is 0. The van der Waals surface area contributed by atoms with Gasteiger partial charge >= 0.3 is 0 Å². The summed E-state index contributed by atoms with van der Waals surface area (Å²) >= 11 is 2.13. The second-order valence-corrected chi connectivity index (χ2v) is 6.09. The molecule has 2 nitrogen and oxygen atoms in total. The molecule has 2 saturated heterocycles. The van der Waals surface area contributed by atoms with Gasteiger partial charge in [-0.3, -0.25) is 0 Å². The first-order valence-corrected chi connectivity index (χ1v) is 5.62. The van der Waals surface area contributed by atoms with Crippen LogP contribution in [0.4, 0.5) is 0 Å². The van der Waals surface area contributed by atoms with E-state index < -0.39 is 0 Å². The fraction of sp³-hybridized carbons (Fsp3) is 1.00. The monoisotopic (exact) mass is 186 g/mol. The maximum Gasteiger partial charge on any atom is 0.0792 e. The van der Waals surface area contributed by atoms with E-state index in [-0.39, 0.29) is 0 Å². The average molecular weight is 186 g/mol. The van der Waals surface area contributed by atoms with Gasteiger partial charge in [-0.15, -0.1) is 11.8 Å². The van der Waals surface area contributed by atoms with Gasteiger partial charge in [0, 0.05) is 24.4 Å². The Morgan fingerprint density at radius 2 is 2.25 bits per heavy atom. The molecule has 0 bridgehead atoms. The molecule has 2 aliphatic heterocycles. The van der Waals surface area contributed by atoms with E-state index in [4.69, 9.17) is 0 Å². The third-order valence-corrected chi connectivity index (χ3v) is 4.48. The quantitative estimate of drug-likeness (QED) is 0.610. The van der Waals surface area contributed by atoms with Crippen molar-refractivity contribution in [3.05, 3.63) is 0 Å². The van der Waals surface area contributed by atoms with Crippen molar-refractivity contribution < 1.29 is 0 Å². The van der Waals surface area contributed by atoms with Crippen LogP contribution >= 0.6 is 11.8 Å². The molecular formula is C9H18N2S. The molecule has 0 saturated carbocycles. The summed E-state index contributed by atoms with van der Waals surface area (Å²) in [4.78, 5) is 2.85. The van der Waals surface area contributed by atoms with Gasteiger partial charge < -0.3 is 10.2 Å². The third-order valence-electron chi connectivity index (χ3n) is 3.02. The van der Waals surface area contributed by atoms with Crippen LogP contribution in [0.2, 0.25) is 0 Å². The van der Waals surface area contributed by atoms with E-state index in [0.717, 1.165) is 11.3 Å². The maximum absolute atomic E-state index is 3.66. The summed E-state index contributed by atoms with van der Waals surface area (Å²) < 4.78 is 0. The molecule has 3 unspecified atom stereocenters. The van der Waals surface area contributed by atoms with Crippen LogP contribution in [-0.2, 0) is 0 Å². The lowest BCUT2D eigenvalue weighted by molar-refractivity contribution is 0.325. The van der Waals surface area contributed by atoms with Gasteiger partial charge in [0.05, 0.1) is 4.87 Å². The Morgan fingerprint density at radius 1 is 1.50 bits per heavy atom. The van der Waals surface area contributed by atoms with Gasteiger partial charge in [0.2, 0.25) is 0 Å². The molecule has 1 N–H and O–H groups in total. The lowest BCUT2D eigenvalue weighted by atomic mass is 10.2. The molecule has 0 aromatic rings. The second kappa shape index (κ2) is 2.89. The van der Waals surface area contributed by atoms with Gasteiger partial charge in [-0.2, -0.15) is 0 Å². The van der Waals surface area contributed by atoms with Gasteiger partial charge in [0.25, 0.3) is 0 Å². The van der Waals surface area contributed by atoms with Crippen LogP contribution < -0.4 is 5.32 Å². The Hall–Kier alpha value is 0.270. The molecule has 12 heavy (non-hydrogen) atoms. The summed E-state index contributed by atoms with van der Waals surface area (Å²) in [6.45, 7) is 7.03. The van der Waals surface area contributed by atoms with Crippen LogP contribution in [0.3, 0.4) is 0 Å². The molecule has 3 heteroatoms. The van der Waals surface area contributed by atoms with E-state index in [9.17, 15) is 0 Å². The topological polar surface area (TPSA) is 15.3 Å². The predicted octanol–water partition coefficient (Wildman–Crippen LogP) is 1.13. The van der Waals surface area contributed by atoms with E-state index in [0.29, 0.717) is 4.87 Å². The molecular weight excluding hydrogens is 168 g/mol. The molecule has 0 amide bonds. The van der Waals surface area contributed by atoms with Crippen molar-refractivity contribution in [1.29, 1.82) is 0 Å². The van der Waals surface area contributed by atoms with Gasteiger partial charge in [-0.05, 0) is 20.4 Å². The Balaban J connectivity index is 2.05. The smallest absolute Gasteiger partial charge is 0.0792 e. The van der Waals surface area contributed by atoms with Crippen molar-refractivity contribution in [2.75, 3.05) is 20.1 Å². The third kappa shape index (κ3) is 1.38. The van der Waals surface area contributed by atoms with Crippen molar-refractivity contribution >= 4 is 11.8 Å². The highest BCUT2D eigenvalue weighted by molar-refractivity contribution is 8.01. The van der Waals surface area contributed by atoms with Crippen LogP contribution in [0.25, 0.3) is 0 Å². The van der Waals surface area contributed by atoms with Crippen molar-refractivity contribution in [3.63, 3.8) is 0 Å². The van der Waals surface area contributed by atoms with Crippen LogP contribution in [0.15, 0.2) is 0 Å². The van der Waals surface area contributed by atoms with E-state index in [1.54, 1.807) is 0 Å². The number of rotatable bonds is 0. The largest absolute Gasteiger partial charge is 0.301 e. The zero-order valence-electron chi connectivity index (χ0n) is 8.13. The highest BCUT2D eigenvalue weighted by atomic mass is 32.2. The van der Waals surface area contributed by atoms with E-state index in [1.165, 1.54) is 19.5 Å². The van der Waals surface area contributed by atoms with Crippen LogP contribution in [0, 0.1) is 0 Å². The Kier molecular flexibility index (Phi) is 2.13. The normalized spacial score (nSPS) is 49.2. The number of nitrogens with one attached hydrogen (secondary N) is 1. The minimum atomic E-state index is 0.396. The lowest BCUT2D eigenvalue weighted by Gasteiger charge is -2.22. The second-order valence-electron chi connectivity index (χ2n) is 4.27. The molecule has 2 heterocycles. The minimum Gasteiger partial charge on any atom is -0.301 e. The first-order valence-electron chi connectivity index (χ1n) is 4.74. The Labute approximate surface area is 79.1 Å². The standard InChI is InChI=1S/C9H18N2S/c1-7-4-9(6-11(7)3)10-5-8(2)12-9/h7-8,10H,4-6H2,1-3H3. The number of hydrogen-bond acceptors (Lipinski definition) is 3. The van der Waals surface area contributed by atoms with Crippen molar-refractivity contribution in [1.82, 2.24) is 10.2 Å². The molecule has 0 radical (unpaired) electrons. The fourth-order valence-electron chi connectivity index (χ4n) is 2.27.